The summed E-state index contributed by atoms with van der Waals surface area (Å²) >= 11 is 0. The first-order chi connectivity index (χ1) is 10.0. The van der Waals surface area contributed by atoms with Crippen LogP contribution < -0.4 is 11.1 Å². The van der Waals surface area contributed by atoms with Crippen molar-refractivity contribution in [1.82, 2.24) is 4.90 Å². The predicted octanol–water partition coefficient (Wildman–Crippen LogP) is 3.35. The molecule has 0 spiro atoms. The first kappa shape index (κ1) is 15.7. The van der Waals surface area contributed by atoms with Gasteiger partial charge in [0.15, 0.2) is 0 Å². The Hall–Kier alpha value is -1.71. The molecule has 2 rings (SSSR count). The Labute approximate surface area is 127 Å². The van der Waals surface area contributed by atoms with Gasteiger partial charge in [0.1, 0.15) is 0 Å². The topological polar surface area (TPSA) is 58.4 Å². The second-order valence-electron chi connectivity index (χ2n) is 6.21. The minimum absolute atomic E-state index is 0.0151. The molecule has 1 fully saturated rings. The molecule has 1 saturated carbocycles. The fraction of sp³-hybridized carbons (Fsp3) is 0.588. The van der Waals surface area contributed by atoms with Crippen LogP contribution in [0, 0.1) is 5.92 Å². The van der Waals surface area contributed by atoms with Gasteiger partial charge in [-0.25, -0.2) is 0 Å². The van der Waals surface area contributed by atoms with E-state index in [-0.39, 0.29) is 5.91 Å². The first-order valence-corrected chi connectivity index (χ1v) is 7.90. The number of benzene rings is 1. The molecule has 2 atom stereocenters. The second kappa shape index (κ2) is 6.83. The molecule has 4 heteroatoms. The molecule has 3 N–H and O–H groups in total. The zero-order valence-electron chi connectivity index (χ0n) is 13.4. The molecule has 0 bridgehead atoms. The molecule has 0 aromatic heterocycles. The first-order valence-electron chi connectivity index (χ1n) is 7.90. The third kappa shape index (κ3) is 3.69. The average Bonchev–Trinajstić information content (AvgIpc) is 2.47. The molecular formula is C17H27N3O. The highest BCUT2D eigenvalue weighted by molar-refractivity contribution is 6.00. The van der Waals surface area contributed by atoms with E-state index in [4.69, 9.17) is 5.73 Å². The molecule has 4 nitrogen and oxygen atoms in total. The van der Waals surface area contributed by atoms with E-state index in [1.54, 1.807) is 25.1 Å². The van der Waals surface area contributed by atoms with E-state index in [9.17, 15) is 4.79 Å². The van der Waals surface area contributed by atoms with Crippen molar-refractivity contribution in [1.29, 1.82) is 0 Å². The Balaban J connectivity index is 2.25. The highest BCUT2D eigenvalue weighted by Crippen LogP contribution is 2.31. The largest absolute Gasteiger partial charge is 0.399 e. The van der Waals surface area contributed by atoms with Gasteiger partial charge in [-0.3, -0.25) is 4.79 Å². The van der Waals surface area contributed by atoms with Crippen molar-refractivity contribution in [3.05, 3.63) is 23.8 Å². The van der Waals surface area contributed by atoms with Crippen molar-refractivity contribution in [2.24, 2.45) is 5.92 Å². The van der Waals surface area contributed by atoms with E-state index in [2.05, 4.69) is 12.2 Å². The van der Waals surface area contributed by atoms with E-state index in [1.807, 2.05) is 12.1 Å². The van der Waals surface area contributed by atoms with Crippen LogP contribution in [0.4, 0.5) is 11.4 Å². The second-order valence-corrected chi connectivity index (χ2v) is 6.21. The Morgan fingerprint density at radius 1 is 1.33 bits per heavy atom. The van der Waals surface area contributed by atoms with Crippen molar-refractivity contribution in [3.63, 3.8) is 0 Å². The van der Waals surface area contributed by atoms with Crippen LogP contribution in [0.15, 0.2) is 18.2 Å². The van der Waals surface area contributed by atoms with Crippen LogP contribution in [0.2, 0.25) is 0 Å². The van der Waals surface area contributed by atoms with Gasteiger partial charge in [-0.1, -0.05) is 26.2 Å². The monoisotopic (exact) mass is 289 g/mol. The maximum atomic E-state index is 12.3. The van der Waals surface area contributed by atoms with Gasteiger partial charge in [0, 0.05) is 31.5 Å². The van der Waals surface area contributed by atoms with Crippen LogP contribution in [0.25, 0.3) is 0 Å². The number of hydrogen-bond donors (Lipinski definition) is 2. The van der Waals surface area contributed by atoms with Crippen LogP contribution in [0.1, 0.15) is 49.4 Å². The molecule has 21 heavy (non-hydrogen) atoms. The highest BCUT2D eigenvalue weighted by Gasteiger charge is 2.25. The number of rotatable bonds is 4. The zero-order valence-corrected chi connectivity index (χ0v) is 13.4. The Morgan fingerprint density at radius 3 is 2.71 bits per heavy atom. The molecule has 0 saturated heterocycles. The smallest absolute Gasteiger partial charge is 0.255 e. The normalized spacial score (nSPS) is 21.9. The average molecular weight is 289 g/mol. The molecule has 116 valence electrons. The summed E-state index contributed by atoms with van der Waals surface area (Å²) in [6.45, 7) is 2.25. The lowest BCUT2D eigenvalue weighted by Crippen LogP contribution is -2.33. The summed E-state index contributed by atoms with van der Waals surface area (Å²) < 4.78 is 0. The van der Waals surface area contributed by atoms with Gasteiger partial charge >= 0.3 is 0 Å². The minimum Gasteiger partial charge on any atom is -0.399 e. The number of anilines is 2. The lowest BCUT2D eigenvalue weighted by atomic mass is 9.82. The quantitative estimate of drug-likeness (QED) is 0.836. The van der Waals surface area contributed by atoms with Gasteiger partial charge in [0.2, 0.25) is 0 Å². The van der Waals surface area contributed by atoms with Gasteiger partial charge in [0.05, 0.1) is 5.56 Å². The van der Waals surface area contributed by atoms with Crippen LogP contribution in [0.3, 0.4) is 0 Å². The fourth-order valence-electron chi connectivity index (χ4n) is 3.19. The number of nitrogens with one attached hydrogen (secondary N) is 1. The maximum Gasteiger partial charge on any atom is 0.255 e. The molecule has 2 unspecified atom stereocenters. The molecule has 1 aromatic carbocycles. The third-order valence-corrected chi connectivity index (χ3v) is 4.45. The summed E-state index contributed by atoms with van der Waals surface area (Å²) in [5.41, 5.74) is 8.18. The van der Waals surface area contributed by atoms with E-state index in [1.165, 1.54) is 32.1 Å². The van der Waals surface area contributed by atoms with Gasteiger partial charge in [-0.05, 0) is 37.0 Å². The lowest BCUT2D eigenvalue weighted by molar-refractivity contribution is 0.0828. The number of carbonyl (C=O) groups excluding carboxylic acids is 1. The number of nitrogens with two attached hydrogens (primary N) is 1. The summed E-state index contributed by atoms with van der Waals surface area (Å²) in [5, 5.41) is 3.60. The lowest BCUT2D eigenvalue weighted by Gasteiger charge is -2.33. The number of nitrogen functional groups attached to an aromatic ring is 1. The van der Waals surface area contributed by atoms with Gasteiger partial charge < -0.3 is 16.0 Å². The molecule has 0 aliphatic heterocycles. The number of carbonyl (C=O) groups is 1. The van der Waals surface area contributed by atoms with Gasteiger partial charge in [-0.2, -0.15) is 0 Å². The van der Waals surface area contributed by atoms with Crippen molar-refractivity contribution in [2.75, 3.05) is 25.1 Å². The molecule has 1 amide bonds. The van der Waals surface area contributed by atoms with E-state index >= 15 is 0 Å². The Kier molecular flexibility index (Phi) is 5.10. The van der Waals surface area contributed by atoms with E-state index < -0.39 is 0 Å². The predicted molar refractivity (Wildman–Crippen MR) is 88.5 cm³/mol. The summed E-state index contributed by atoms with van der Waals surface area (Å²) in [5.74, 6) is 0.698. The Bertz CT molecular complexity index is 499. The summed E-state index contributed by atoms with van der Waals surface area (Å²) in [6, 6.07) is 5.95. The summed E-state index contributed by atoms with van der Waals surface area (Å²) in [4.78, 5) is 13.9. The molecule has 1 aromatic rings. The molecule has 0 radical (unpaired) electrons. The fourth-order valence-corrected chi connectivity index (χ4v) is 3.19. The number of amides is 1. The van der Waals surface area contributed by atoms with Crippen LogP contribution in [-0.4, -0.2) is 30.9 Å². The van der Waals surface area contributed by atoms with Crippen molar-refractivity contribution in [3.8, 4) is 0 Å². The molecule has 0 heterocycles. The van der Waals surface area contributed by atoms with Crippen molar-refractivity contribution < 1.29 is 4.79 Å². The van der Waals surface area contributed by atoms with E-state index in [0.29, 0.717) is 23.2 Å². The van der Waals surface area contributed by atoms with Crippen LogP contribution in [-0.2, 0) is 0 Å². The van der Waals surface area contributed by atoms with Crippen LogP contribution >= 0.6 is 0 Å². The van der Waals surface area contributed by atoms with Gasteiger partial charge in [0.25, 0.3) is 5.91 Å². The Morgan fingerprint density at radius 2 is 2.05 bits per heavy atom. The van der Waals surface area contributed by atoms with Crippen molar-refractivity contribution >= 4 is 17.3 Å². The van der Waals surface area contributed by atoms with E-state index in [0.717, 1.165) is 5.69 Å². The third-order valence-electron chi connectivity index (χ3n) is 4.45. The summed E-state index contributed by atoms with van der Waals surface area (Å²) in [6.07, 6.45) is 6.19. The molecule has 1 aliphatic carbocycles. The number of nitrogens with zero attached hydrogens (tertiary/aromatic N) is 1. The number of hydrogen-bond acceptors (Lipinski definition) is 3. The van der Waals surface area contributed by atoms with Crippen LogP contribution in [0.5, 0.6) is 0 Å². The minimum atomic E-state index is 0.0151. The standard InChI is InChI=1S/C17H27N3O/c1-4-12-7-5-6-8-15(12)19-16-11-13(18)9-10-14(16)17(21)20(2)3/h9-12,15,19H,4-8,18H2,1-3H3. The zero-order chi connectivity index (χ0) is 15.4. The molecule has 1 aliphatic rings. The maximum absolute atomic E-state index is 12.3. The van der Waals surface area contributed by atoms with Crippen molar-refractivity contribution in [2.45, 2.75) is 45.1 Å². The molecular weight excluding hydrogens is 262 g/mol. The SMILES string of the molecule is CCC1CCCCC1Nc1cc(N)ccc1C(=O)N(C)C. The highest BCUT2D eigenvalue weighted by atomic mass is 16.2. The van der Waals surface area contributed by atoms with Gasteiger partial charge in [-0.15, -0.1) is 0 Å². The summed E-state index contributed by atoms with van der Waals surface area (Å²) in [7, 11) is 3.55.